The lowest BCUT2D eigenvalue weighted by Gasteiger charge is -2.18. The Hall–Kier alpha value is -0.890. The molecule has 1 rings (SSSR count). The van der Waals surface area contributed by atoms with Crippen LogP contribution in [0, 0.1) is 0 Å². The Balaban J connectivity index is 2.19. The maximum Gasteiger partial charge on any atom is 0.168 e. The number of hydrogen-bond acceptors (Lipinski definition) is 1. The third-order valence-corrected chi connectivity index (χ3v) is 5.62. The maximum atomic E-state index is 3.89. The topological polar surface area (TPSA) is 15.9 Å². The number of unbranched alkanes of at least 4 members (excludes halogenated alkanes) is 10. The molecular weight excluding hydrogens is 328 g/mol. The molecule has 0 aliphatic heterocycles. The van der Waals surface area contributed by atoms with Crippen LogP contribution >= 0.6 is 0 Å². The molecule has 2 nitrogen and oxygen atoms in total. The summed E-state index contributed by atoms with van der Waals surface area (Å²) in [6, 6.07) is 7.07. The van der Waals surface area contributed by atoms with Gasteiger partial charge >= 0.3 is 0 Å². The second-order valence-electron chi connectivity index (χ2n) is 8.23. The summed E-state index contributed by atoms with van der Waals surface area (Å²) < 4.78 is 2.32. The molecule has 0 bridgehead atoms. The molecule has 0 amide bonds. The predicted molar refractivity (Wildman–Crippen MR) is 119 cm³/mol. The van der Waals surface area contributed by atoms with Crippen molar-refractivity contribution < 1.29 is 4.57 Å². The van der Waals surface area contributed by atoms with Crippen LogP contribution in [0.3, 0.4) is 0 Å². The number of pyridine rings is 1. The molecule has 1 aromatic heterocycles. The number of hydrogen-bond donors (Lipinski definition) is 1. The summed E-state index contributed by atoms with van der Waals surface area (Å²) in [7, 11) is 0. The first-order valence-corrected chi connectivity index (χ1v) is 12.0. The van der Waals surface area contributed by atoms with Gasteiger partial charge in [-0.25, -0.2) is 4.57 Å². The molecule has 0 saturated carbocycles. The summed E-state index contributed by atoms with van der Waals surface area (Å²) >= 11 is 0. The quantitative estimate of drug-likeness (QED) is 0.207. The fourth-order valence-corrected chi connectivity index (χ4v) is 3.83. The van der Waals surface area contributed by atoms with Gasteiger partial charge in [-0.15, -0.1) is 0 Å². The maximum absolute atomic E-state index is 3.89. The fourth-order valence-electron chi connectivity index (χ4n) is 3.83. The lowest BCUT2D eigenvalue weighted by molar-refractivity contribution is -0.697. The molecule has 1 N–H and O–H groups in total. The van der Waals surface area contributed by atoms with E-state index in [1.54, 1.807) is 0 Å². The van der Waals surface area contributed by atoms with Gasteiger partial charge in [-0.05, 0) is 25.8 Å². The van der Waals surface area contributed by atoms with E-state index in [4.69, 9.17) is 0 Å². The van der Waals surface area contributed by atoms with Crippen molar-refractivity contribution in [2.75, 3.05) is 6.54 Å². The van der Waals surface area contributed by atoms with E-state index in [0.717, 1.165) is 12.6 Å². The molecule has 27 heavy (non-hydrogen) atoms. The SMILES string of the molecule is CCCCCCCCNC(CCCCCCCC)CCC[n+]1ccccc1. The molecule has 0 spiro atoms. The van der Waals surface area contributed by atoms with Gasteiger partial charge in [0.05, 0.1) is 0 Å². The Bertz CT molecular complexity index is 404. The Morgan fingerprint density at radius 1 is 0.630 bits per heavy atom. The normalized spacial score (nSPS) is 12.4. The highest BCUT2D eigenvalue weighted by Crippen LogP contribution is 2.12. The molecule has 0 aliphatic carbocycles. The van der Waals surface area contributed by atoms with Gasteiger partial charge in [0.15, 0.2) is 12.4 Å². The van der Waals surface area contributed by atoms with Crippen LogP contribution in [0.4, 0.5) is 0 Å². The van der Waals surface area contributed by atoms with Crippen molar-refractivity contribution in [3.63, 3.8) is 0 Å². The fraction of sp³-hybridized carbons (Fsp3) is 0.800. The van der Waals surface area contributed by atoms with Crippen molar-refractivity contribution in [2.45, 2.75) is 123 Å². The van der Waals surface area contributed by atoms with Crippen molar-refractivity contribution in [3.8, 4) is 0 Å². The third kappa shape index (κ3) is 14.8. The zero-order valence-electron chi connectivity index (χ0n) is 18.4. The van der Waals surface area contributed by atoms with Crippen LogP contribution in [-0.4, -0.2) is 12.6 Å². The van der Waals surface area contributed by atoms with Gasteiger partial charge in [0.2, 0.25) is 0 Å². The second-order valence-corrected chi connectivity index (χ2v) is 8.23. The first-order valence-electron chi connectivity index (χ1n) is 12.0. The largest absolute Gasteiger partial charge is 0.314 e. The average molecular weight is 376 g/mol. The lowest BCUT2D eigenvalue weighted by Crippen LogP contribution is -2.35. The van der Waals surface area contributed by atoms with Gasteiger partial charge in [-0.1, -0.05) is 90.5 Å². The predicted octanol–water partition coefficient (Wildman–Crippen LogP) is 6.82. The first kappa shape index (κ1) is 24.1. The van der Waals surface area contributed by atoms with Crippen LogP contribution in [0.25, 0.3) is 0 Å². The minimum absolute atomic E-state index is 0.719. The first-order chi connectivity index (χ1) is 13.4. The molecule has 0 saturated heterocycles. The molecule has 156 valence electrons. The Morgan fingerprint density at radius 2 is 1.19 bits per heavy atom. The minimum atomic E-state index is 0.719. The standard InChI is InChI=1S/C25H47N2/c1-3-5-7-9-11-14-19-25(26-21-15-12-10-8-6-4-2)20-18-24-27-22-16-13-17-23-27/h13,16-17,22-23,25-26H,3-12,14-15,18-21,24H2,1-2H3/q+1. The van der Waals surface area contributed by atoms with E-state index < -0.39 is 0 Å². The van der Waals surface area contributed by atoms with Gasteiger partial charge in [-0.2, -0.15) is 0 Å². The molecule has 0 fully saturated rings. The van der Waals surface area contributed by atoms with Gasteiger partial charge in [0.1, 0.15) is 6.54 Å². The molecule has 0 aromatic carbocycles. The second kappa shape index (κ2) is 18.5. The molecule has 1 atom stereocenters. The van der Waals surface area contributed by atoms with Crippen LogP contribution < -0.4 is 9.88 Å². The zero-order valence-corrected chi connectivity index (χ0v) is 18.4. The highest BCUT2D eigenvalue weighted by molar-refractivity contribution is 4.83. The van der Waals surface area contributed by atoms with Gasteiger partial charge in [0, 0.05) is 24.6 Å². The number of aryl methyl sites for hydroxylation is 1. The van der Waals surface area contributed by atoms with E-state index in [-0.39, 0.29) is 0 Å². The number of nitrogens with zero attached hydrogens (tertiary/aromatic N) is 1. The van der Waals surface area contributed by atoms with Crippen molar-refractivity contribution >= 4 is 0 Å². The smallest absolute Gasteiger partial charge is 0.168 e. The molecule has 1 aromatic rings. The van der Waals surface area contributed by atoms with Crippen LogP contribution in [-0.2, 0) is 6.54 Å². The number of aromatic nitrogens is 1. The highest BCUT2D eigenvalue weighted by Gasteiger charge is 2.09. The van der Waals surface area contributed by atoms with Gasteiger partial charge in [0.25, 0.3) is 0 Å². The van der Waals surface area contributed by atoms with Gasteiger partial charge in [-0.3, -0.25) is 0 Å². The molecule has 0 radical (unpaired) electrons. The van der Waals surface area contributed by atoms with E-state index in [0.29, 0.717) is 0 Å². The molecule has 2 heteroatoms. The van der Waals surface area contributed by atoms with E-state index in [1.807, 2.05) is 0 Å². The highest BCUT2D eigenvalue weighted by atomic mass is 14.9. The summed E-state index contributed by atoms with van der Waals surface area (Å²) in [6.07, 6.45) is 25.1. The summed E-state index contributed by atoms with van der Waals surface area (Å²) in [4.78, 5) is 0. The Labute approximate surface area is 170 Å². The van der Waals surface area contributed by atoms with E-state index in [1.165, 1.54) is 103 Å². The van der Waals surface area contributed by atoms with E-state index in [2.05, 4.69) is 54.3 Å². The van der Waals surface area contributed by atoms with Crippen LogP contribution in [0.15, 0.2) is 30.6 Å². The third-order valence-electron chi connectivity index (χ3n) is 5.62. The van der Waals surface area contributed by atoms with Crippen molar-refractivity contribution in [1.29, 1.82) is 0 Å². The molecule has 1 unspecified atom stereocenters. The Morgan fingerprint density at radius 3 is 1.85 bits per heavy atom. The van der Waals surface area contributed by atoms with Crippen molar-refractivity contribution in [3.05, 3.63) is 30.6 Å². The zero-order chi connectivity index (χ0) is 19.4. The molecule has 1 heterocycles. The minimum Gasteiger partial charge on any atom is -0.314 e. The van der Waals surface area contributed by atoms with Crippen LogP contribution in [0.2, 0.25) is 0 Å². The summed E-state index contributed by atoms with van der Waals surface area (Å²) in [6.45, 7) is 6.95. The molecular formula is C25H47N2+. The van der Waals surface area contributed by atoms with Crippen molar-refractivity contribution in [1.82, 2.24) is 5.32 Å². The summed E-state index contributed by atoms with van der Waals surface area (Å²) in [5.74, 6) is 0. The monoisotopic (exact) mass is 375 g/mol. The summed E-state index contributed by atoms with van der Waals surface area (Å²) in [5.41, 5.74) is 0. The Kier molecular flexibility index (Phi) is 16.5. The summed E-state index contributed by atoms with van der Waals surface area (Å²) in [5, 5.41) is 3.89. The lowest BCUT2D eigenvalue weighted by atomic mass is 10.0. The van der Waals surface area contributed by atoms with Crippen LogP contribution in [0.1, 0.15) is 110 Å². The number of nitrogens with one attached hydrogen (secondary N) is 1. The van der Waals surface area contributed by atoms with Gasteiger partial charge < -0.3 is 5.32 Å². The van der Waals surface area contributed by atoms with E-state index in [9.17, 15) is 0 Å². The van der Waals surface area contributed by atoms with E-state index >= 15 is 0 Å². The van der Waals surface area contributed by atoms with Crippen LogP contribution in [0.5, 0.6) is 0 Å². The van der Waals surface area contributed by atoms with Crippen molar-refractivity contribution in [2.24, 2.45) is 0 Å². The number of rotatable bonds is 19. The average Bonchev–Trinajstić information content (AvgIpc) is 2.70. The molecule has 0 aliphatic rings.